The topological polar surface area (TPSA) is 84.7 Å². The van der Waals surface area contributed by atoms with E-state index in [-0.39, 0.29) is 17.6 Å². The first-order valence-corrected chi connectivity index (χ1v) is 11.2. The van der Waals surface area contributed by atoms with E-state index in [1.807, 2.05) is 48.2 Å². The maximum atomic E-state index is 13.6. The molecule has 1 N–H and O–H groups in total. The number of amides is 2. The first-order chi connectivity index (χ1) is 15.6. The number of thiazole rings is 1. The van der Waals surface area contributed by atoms with Crippen LogP contribution in [-0.4, -0.2) is 34.8 Å². The summed E-state index contributed by atoms with van der Waals surface area (Å²) in [5.74, 6) is 0.420. The number of carbonyl (C=O) groups excluding carboxylic acids is 2. The van der Waals surface area contributed by atoms with Gasteiger partial charge < -0.3 is 14.1 Å². The number of ether oxygens (including phenoxy) is 1. The standard InChI is InChI=1S/C24H21N3O4S/c1-2-30-18-10-9-15-6-3-4-7-16(15)21(18)23(29)27-12-11-17-20(14-27)32-24(25-17)26-22(28)19-8-5-13-31-19/h3-10,13H,2,11-12,14H2,1H3,(H,25,26,28). The van der Waals surface area contributed by atoms with Crippen LogP contribution in [0.4, 0.5) is 5.13 Å². The molecule has 7 nitrogen and oxygen atoms in total. The van der Waals surface area contributed by atoms with Gasteiger partial charge in [-0.15, -0.1) is 0 Å². The van der Waals surface area contributed by atoms with Crippen molar-refractivity contribution in [3.8, 4) is 5.75 Å². The molecule has 162 valence electrons. The Hall–Kier alpha value is -3.65. The van der Waals surface area contributed by atoms with Gasteiger partial charge in [-0.25, -0.2) is 4.98 Å². The Balaban J connectivity index is 1.40. The van der Waals surface area contributed by atoms with Gasteiger partial charge in [0.2, 0.25) is 0 Å². The molecule has 3 heterocycles. The molecule has 0 aliphatic carbocycles. The quantitative estimate of drug-likeness (QED) is 0.478. The summed E-state index contributed by atoms with van der Waals surface area (Å²) < 4.78 is 10.9. The van der Waals surface area contributed by atoms with E-state index in [4.69, 9.17) is 9.15 Å². The predicted molar refractivity (Wildman–Crippen MR) is 122 cm³/mol. The second-order valence-electron chi connectivity index (χ2n) is 7.39. The van der Waals surface area contributed by atoms with Crippen LogP contribution in [0.1, 0.15) is 38.4 Å². The van der Waals surface area contributed by atoms with Crippen LogP contribution in [0, 0.1) is 0 Å². The molecule has 1 aliphatic heterocycles. The third-order valence-corrected chi connectivity index (χ3v) is 6.39. The molecule has 1 aliphatic rings. The summed E-state index contributed by atoms with van der Waals surface area (Å²) in [5, 5.41) is 5.16. The van der Waals surface area contributed by atoms with Crippen molar-refractivity contribution in [3.63, 3.8) is 0 Å². The molecular formula is C24H21N3O4S. The Morgan fingerprint density at radius 1 is 1.19 bits per heavy atom. The van der Waals surface area contributed by atoms with Gasteiger partial charge in [-0.3, -0.25) is 14.9 Å². The second kappa shape index (κ2) is 8.47. The minimum atomic E-state index is -0.342. The molecule has 0 radical (unpaired) electrons. The molecule has 2 aromatic carbocycles. The summed E-state index contributed by atoms with van der Waals surface area (Å²) in [6.45, 7) is 3.38. The van der Waals surface area contributed by atoms with Crippen LogP contribution in [0.3, 0.4) is 0 Å². The van der Waals surface area contributed by atoms with Gasteiger partial charge in [0.1, 0.15) is 5.75 Å². The number of rotatable bonds is 5. The number of furan rings is 1. The molecule has 0 fully saturated rings. The molecule has 32 heavy (non-hydrogen) atoms. The summed E-state index contributed by atoms with van der Waals surface area (Å²) in [7, 11) is 0. The van der Waals surface area contributed by atoms with Crippen molar-refractivity contribution in [2.24, 2.45) is 0 Å². The number of aromatic nitrogens is 1. The number of nitrogens with zero attached hydrogens (tertiary/aromatic N) is 2. The number of hydrogen-bond acceptors (Lipinski definition) is 6. The predicted octanol–water partition coefficient (Wildman–Crippen LogP) is 4.74. The molecule has 0 spiro atoms. The first-order valence-electron chi connectivity index (χ1n) is 10.4. The zero-order chi connectivity index (χ0) is 22.1. The highest BCUT2D eigenvalue weighted by Crippen LogP contribution is 2.33. The average Bonchev–Trinajstić information content (AvgIpc) is 3.48. The Morgan fingerprint density at radius 3 is 2.88 bits per heavy atom. The van der Waals surface area contributed by atoms with Crippen LogP contribution in [0.2, 0.25) is 0 Å². The van der Waals surface area contributed by atoms with Crippen LogP contribution < -0.4 is 10.1 Å². The number of carbonyl (C=O) groups is 2. The van der Waals surface area contributed by atoms with E-state index < -0.39 is 0 Å². The van der Waals surface area contributed by atoms with Crippen molar-refractivity contribution < 1.29 is 18.7 Å². The lowest BCUT2D eigenvalue weighted by molar-refractivity contribution is 0.0734. The van der Waals surface area contributed by atoms with Gasteiger partial charge in [-0.2, -0.15) is 0 Å². The summed E-state index contributed by atoms with van der Waals surface area (Å²) >= 11 is 1.39. The smallest absolute Gasteiger partial charge is 0.293 e. The fourth-order valence-corrected chi connectivity index (χ4v) is 4.91. The molecule has 8 heteroatoms. The highest BCUT2D eigenvalue weighted by molar-refractivity contribution is 7.15. The van der Waals surface area contributed by atoms with Crippen molar-refractivity contribution in [3.05, 3.63) is 76.7 Å². The zero-order valence-corrected chi connectivity index (χ0v) is 18.3. The molecule has 2 amide bonds. The van der Waals surface area contributed by atoms with Crippen LogP contribution in [0.5, 0.6) is 5.75 Å². The minimum absolute atomic E-state index is 0.0644. The first kappa shape index (κ1) is 20.3. The Labute approximate surface area is 188 Å². The Morgan fingerprint density at radius 2 is 2.06 bits per heavy atom. The van der Waals surface area contributed by atoms with Gasteiger partial charge in [0.05, 0.1) is 30.7 Å². The fraction of sp³-hybridized carbons (Fsp3) is 0.208. The molecule has 5 rings (SSSR count). The minimum Gasteiger partial charge on any atom is -0.493 e. The Kier molecular flexibility index (Phi) is 5.36. The van der Waals surface area contributed by atoms with Gasteiger partial charge in [-0.05, 0) is 35.9 Å². The largest absolute Gasteiger partial charge is 0.493 e. The molecule has 0 unspecified atom stereocenters. The molecule has 0 saturated heterocycles. The van der Waals surface area contributed by atoms with Gasteiger partial charge in [0.15, 0.2) is 10.9 Å². The van der Waals surface area contributed by atoms with E-state index in [1.54, 1.807) is 12.1 Å². The van der Waals surface area contributed by atoms with E-state index in [0.29, 0.717) is 42.6 Å². The van der Waals surface area contributed by atoms with Crippen LogP contribution in [-0.2, 0) is 13.0 Å². The Bertz CT molecular complexity index is 1300. The number of hydrogen-bond donors (Lipinski definition) is 1. The lowest BCUT2D eigenvalue weighted by Gasteiger charge is -2.27. The van der Waals surface area contributed by atoms with Crippen LogP contribution in [0.15, 0.2) is 59.2 Å². The van der Waals surface area contributed by atoms with Crippen LogP contribution in [0.25, 0.3) is 10.8 Å². The molecule has 0 bridgehead atoms. The van der Waals surface area contributed by atoms with Crippen molar-refractivity contribution in [2.75, 3.05) is 18.5 Å². The second-order valence-corrected chi connectivity index (χ2v) is 8.47. The summed E-state index contributed by atoms with van der Waals surface area (Å²) in [4.78, 5) is 33.2. The van der Waals surface area contributed by atoms with Gasteiger partial charge in [0, 0.05) is 17.8 Å². The highest BCUT2D eigenvalue weighted by Gasteiger charge is 2.28. The van der Waals surface area contributed by atoms with E-state index in [0.717, 1.165) is 21.3 Å². The number of benzene rings is 2. The number of anilines is 1. The number of nitrogens with one attached hydrogen (secondary N) is 1. The monoisotopic (exact) mass is 447 g/mol. The highest BCUT2D eigenvalue weighted by atomic mass is 32.1. The molecule has 0 atom stereocenters. The van der Waals surface area contributed by atoms with E-state index >= 15 is 0 Å². The van der Waals surface area contributed by atoms with E-state index in [9.17, 15) is 9.59 Å². The average molecular weight is 448 g/mol. The molecule has 4 aromatic rings. The summed E-state index contributed by atoms with van der Waals surface area (Å²) in [6, 6.07) is 14.9. The van der Waals surface area contributed by atoms with Crippen molar-refractivity contribution in [1.29, 1.82) is 0 Å². The van der Waals surface area contributed by atoms with Gasteiger partial charge >= 0.3 is 0 Å². The molecule has 0 saturated carbocycles. The van der Waals surface area contributed by atoms with Crippen molar-refractivity contribution >= 4 is 39.1 Å². The number of fused-ring (bicyclic) bond motifs is 2. The summed E-state index contributed by atoms with van der Waals surface area (Å²) in [5.41, 5.74) is 1.50. The van der Waals surface area contributed by atoms with E-state index in [1.165, 1.54) is 17.6 Å². The summed E-state index contributed by atoms with van der Waals surface area (Å²) in [6.07, 6.45) is 2.08. The van der Waals surface area contributed by atoms with Crippen molar-refractivity contribution in [1.82, 2.24) is 9.88 Å². The van der Waals surface area contributed by atoms with Gasteiger partial charge in [0.25, 0.3) is 11.8 Å². The normalized spacial score (nSPS) is 13.1. The van der Waals surface area contributed by atoms with E-state index in [2.05, 4.69) is 10.3 Å². The lowest BCUT2D eigenvalue weighted by Crippen LogP contribution is -2.35. The van der Waals surface area contributed by atoms with Crippen molar-refractivity contribution in [2.45, 2.75) is 19.9 Å². The zero-order valence-electron chi connectivity index (χ0n) is 17.5. The lowest BCUT2D eigenvalue weighted by atomic mass is 10.0. The van der Waals surface area contributed by atoms with Crippen LogP contribution >= 0.6 is 11.3 Å². The maximum Gasteiger partial charge on any atom is 0.293 e. The third kappa shape index (κ3) is 3.73. The molecule has 2 aromatic heterocycles. The SMILES string of the molecule is CCOc1ccc2ccccc2c1C(=O)N1CCc2nc(NC(=O)c3ccco3)sc2C1. The maximum absolute atomic E-state index is 13.6. The fourth-order valence-electron chi connectivity index (χ4n) is 3.89. The molecular weight excluding hydrogens is 426 g/mol. The third-order valence-electron chi connectivity index (χ3n) is 5.39. The van der Waals surface area contributed by atoms with Gasteiger partial charge in [-0.1, -0.05) is 41.7 Å².